The van der Waals surface area contributed by atoms with Gasteiger partial charge in [-0.25, -0.2) is 0 Å². The van der Waals surface area contributed by atoms with E-state index in [2.05, 4.69) is 21.2 Å². The summed E-state index contributed by atoms with van der Waals surface area (Å²) in [7, 11) is 0. The van der Waals surface area contributed by atoms with Gasteiger partial charge in [0.25, 0.3) is 5.91 Å². The highest BCUT2D eigenvalue weighted by atomic mass is 79.9. The first-order chi connectivity index (χ1) is 11.6. The first kappa shape index (κ1) is 18.4. The highest BCUT2D eigenvalue weighted by Crippen LogP contribution is 2.23. The lowest BCUT2D eigenvalue weighted by Gasteiger charge is -2.09. The molecule has 0 radical (unpaired) electrons. The Bertz CT molecular complexity index is 690. The van der Waals surface area contributed by atoms with Crippen molar-refractivity contribution in [1.29, 1.82) is 0 Å². The topological polar surface area (TPSA) is 67.8 Å². The van der Waals surface area contributed by atoms with Crippen LogP contribution in [0.25, 0.3) is 0 Å². The third-order valence-corrected chi connectivity index (χ3v) is 3.73. The predicted octanol–water partition coefficient (Wildman–Crippen LogP) is 3.96. The van der Waals surface area contributed by atoms with Crippen LogP contribution in [0.3, 0.4) is 0 Å². The molecule has 0 spiro atoms. The molecule has 0 heterocycles. The molecule has 2 rings (SSSR count). The average molecular weight is 394 g/mol. The second-order valence-electron chi connectivity index (χ2n) is 5.07. The highest BCUT2D eigenvalue weighted by Gasteiger charge is 2.11. The number of hydrogen-bond donors (Lipinski definition) is 2. The third-order valence-electron chi connectivity index (χ3n) is 3.23. The highest BCUT2D eigenvalue weighted by molar-refractivity contribution is 9.10. The van der Waals surface area contributed by atoms with Crippen LogP contribution >= 0.6 is 15.9 Å². The van der Waals surface area contributed by atoms with Gasteiger partial charge in [-0.3, -0.25) is 4.79 Å². The van der Waals surface area contributed by atoms with Crippen molar-refractivity contribution in [3.63, 3.8) is 0 Å². The summed E-state index contributed by atoms with van der Waals surface area (Å²) in [6.07, 6.45) is 0. The van der Waals surface area contributed by atoms with E-state index in [0.717, 1.165) is 5.56 Å². The number of carbonyl (C=O) groups is 1. The molecule has 0 aliphatic carbocycles. The summed E-state index contributed by atoms with van der Waals surface area (Å²) >= 11 is 3.25. The van der Waals surface area contributed by atoms with E-state index in [1.807, 2.05) is 25.1 Å². The molecule has 2 aromatic carbocycles. The number of phenols is 1. The fraction of sp³-hybridized carbons (Fsp3) is 0.278. The maximum atomic E-state index is 12.3. The van der Waals surface area contributed by atoms with Crippen molar-refractivity contribution in [3.05, 3.63) is 58.1 Å². The van der Waals surface area contributed by atoms with Crippen LogP contribution in [0.2, 0.25) is 0 Å². The average Bonchev–Trinajstić information content (AvgIpc) is 2.55. The van der Waals surface area contributed by atoms with Crippen molar-refractivity contribution in [3.8, 4) is 5.75 Å². The monoisotopic (exact) mass is 393 g/mol. The van der Waals surface area contributed by atoms with Gasteiger partial charge in [-0.1, -0.05) is 28.1 Å². The molecule has 0 bridgehead atoms. The Balaban J connectivity index is 1.94. The summed E-state index contributed by atoms with van der Waals surface area (Å²) in [6.45, 7) is 4.15. The van der Waals surface area contributed by atoms with E-state index in [0.29, 0.717) is 36.6 Å². The van der Waals surface area contributed by atoms with Crippen molar-refractivity contribution < 1.29 is 19.4 Å². The molecular formula is C18H20BrNO4. The molecule has 0 aliphatic rings. The Hall–Kier alpha value is -1.89. The zero-order valence-electron chi connectivity index (χ0n) is 13.4. The quantitative estimate of drug-likeness (QED) is 0.666. The molecule has 0 unspecified atom stereocenters. The van der Waals surface area contributed by atoms with Crippen LogP contribution in [0.1, 0.15) is 22.8 Å². The number of amides is 1. The molecule has 5 nitrogen and oxygen atoms in total. The minimum absolute atomic E-state index is 0.0720. The Morgan fingerprint density at radius 2 is 1.96 bits per heavy atom. The Morgan fingerprint density at radius 1 is 1.17 bits per heavy atom. The molecule has 0 aliphatic heterocycles. The van der Waals surface area contributed by atoms with Gasteiger partial charge >= 0.3 is 0 Å². The van der Waals surface area contributed by atoms with Crippen molar-refractivity contribution >= 4 is 27.5 Å². The molecule has 0 saturated heterocycles. The molecule has 0 aromatic heterocycles. The van der Waals surface area contributed by atoms with Gasteiger partial charge in [0.1, 0.15) is 5.75 Å². The number of nitrogens with one attached hydrogen (secondary N) is 1. The smallest absolute Gasteiger partial charge is 0.259 e. The summed E-state index contributed by atoms with van der Waals surface area (Å²) in [6, 6.07) is 12.2. The summed E-state index contributed by atoms with van der Waals surface area (Å²) < 4.78 is 11.4. The molecule has 6 heteroatoms. The summed E-state index contributed by atoms with van der Waals surface area (Å²) in [5, 5.41) is 12.6. The second kappa shape index (κ2) is 9.42. The number of benzene rings is 2. The molecule has 1 amide bonds. The number of hydrogen-bond acceptors (Lipinski definition) is 4. The maximum absolute atomic E-state index is 12.3. The normalized spacial score (nSPS) is 10.6. The molecule has 0 atom stereocenters. The van der Waals surface area contributed by atoms with Gasteiger partial charge in [-0.2, -0.15) is 0 Å². The lowest BCUT2D eigenvalue weighted by Crippen LogP contribution is -2.12. The molecule has 0 fully saturated rings. The number of ether oxygens (including phenoxy) is 2. The Kier molecular flexibility index (Phi) is 7.24. The molecule has 2 aromatic rings. The SMILES string of the molecule is CCOCCOCc1cccc(NC(=O)c2ccc(Br)cc2O)c1. The second-order valence-corrected chi connectivity index (χ2v) is 5.98. The van der Waals surface area contributed by atoms with Crippen LogP contribution in [-0.2, 0) is 16.1 Å². The number of rotatable bonds is 8. The van der Waals surface area contributed by atoms with Crippen molar-refractivity contribution in [2.24, 2.45) is 0 Å². The molecule has 128 valence electrons. The van der Waals surface area contributed by atoms with Gasteiger partial charge in [0, 0.05) is 16.8 Å². The van der Waals surface area contributed by atoms with Crippen LogP contribution in [0, 0.1) is 0 Å². The van der Waals surface area contributed by atoms with Crippen LogP contribution < -0.4 is 5.32 Å². The molecule has 24 heavy (non-hydrogen) atoms. The Morgan fingerprint density at radius 3 is 2.71 bits per heavy atom. The van der Waals surface area contributed by atoms with E-state index in [1.54, 1.807) is 18.2 Å². The number of anilines is 1. The zero-order chi connectivity index (χ0) is 17.4. The van der Waals surface area contributed by atoms with Gasteiger partial charge in [-0.05, 0) is 42.8 Å². The first-order valence-corrected chi connectivity index (χ1v) is 8.43. The fourth-order valence-corrected chi connectivity index (χ4v) is 2.44. The standard InChI is InChI=1S/C18H20BrNO4/c1-2-23-8-9-24-12-13-4-3-5-15(10-13)20-18(22)16-7-6-14(19)11-17(16)21/h3-7,10-11,21H,2,8-9,12H2,1H3,(H,20,22). The lowest BCUT2D eigenvalue weighted by atomic mass is 10.1. The van der Waals surface area contributed by atoms with E-state index in [4.69, 9.17) is 9.47 Å². The van der Waals surface area contributed by atoms with Gasteiger partial charge in [0.15, 0.2) is 0 Å². The van der Waals surface area contributed by atoms with E-state index in [-0.39, 0.29) is 17.2 Å². The minimum atomic E-state index is -0.366. The first-order valence-electron chi connectivity index (χ1n) is 7.64. The fourth-order valence-electron chi connectivity index (χ4n) is 2.09. The van der Waals surface area contributed by atoms with Gasteiger partial charge in [0.2, 0.25) is 0 Å². The van der Waals surface area contributed by atoms with E-state index in [1.165, 1.54) is 6.07 Å². The van der Waals surface area contributed by atoms with Crippen LogP contribution in [0.15, 0.2) is 46.9 Å². The van der Waals surface area contributed by atoms with Crippen molar-refractivity contribution in [2.45, 2.75) is 13.5 Å². The number of carbonyl (C=O) groups excluding carboxylic acids is 1. The van der Waals surface area contributed by atoms with Gasteiger partial charge in [-0.15, -0.1) is 0 Å². The summed E-state index contributed by atoms with van der Waals surface area (Å²) in [5.41, 5.74) is 1.81. The largest absolute Gasteiger partial charge is 0.507 e. The van der Waals surface area contributed by atoms with Crippen molar-refractivity contribution in [2.75, 3.05) is 25.1 Å². The zero-order valence-corrected chi connectivity index (χ0v) is 15.0. The molecule has 2 N–H and O–H groups in total. The number of phenolic OH excluding ortho intramolecular Hbond substituents is 1. The molecule has 0 saturated carbocycles. The maximum Gasteiger partial charge on any atom is 0.259 e. The van der Waals surface area contributed by atoms with Gasteiger partial charge < -0.3 is 19.9 Å². The minimum Gasteiger partial charge on any atom is -0.507 e. The predicted molar refractivity (Wildman–Crippen MR) is 96.4 cm³/mol. The van der Waals surface area contributed by atoms with E-state index >= 15 is 0 Å². The number of halogens is 1. The van der Waals surface area contributed by atoms with Crippen LogP contribution in [0.4, 0.5) is 5.69 Å². The van der Waals surface area contributed by atoms with Crippen LogP contribution in [-0.4, -0.2) is 30.8 Å². The lowest BCUT2D eigenvalue weighted by molar-refractivity contribution is 0.0453. The van der Waals surface area contributed by atoms with Crippen LogP contribution in [0.5, 0.6) is 5.75 Å². The third kappa shape index (κ3) is 5.63. The van der Waals surface area contributed by atoms with E-state index < -0.39 is 0 Å². The number of aromatic hydroxyl groups is 1. The summed E-state index contributed by atoms with van der Waals surface area (Å²) in [4.78, 5) is 12.3. The van der Waals surface area contributed by atoms with Gasteiger partial charge in [0.05, 0.1) is 25.4 Å². The summed E-state index contributed by atoms with van der Waals surface area (Å²) in [5.74, 6) is -0.438. The Labute approximate surface area is 149 Å². The molecular weight excluding hydrogens is 374 g/mol. The van der Waals surface area contributed by atoms with E-state index in [9.17, 15) is 9.90 Å². The van der Waals surface area contributed by atoms with Crippen molar-refractivity contribution in [1.82, 2.24) is 0 Å².